The highest BCUT2D eigenvalue weighted by Gasteiger charge is 2.35. The topological polar surface area (TPSA) is 67.3 Å². The Bertz CT molecular complexity index is 863. The monoisotopic (exact) mass is 400 g/mol. The van der Waals surface area contributed by atoms with E-state index in [4.69, 9.17) is 4.74 Å². The summed E-state index contributed by atoms with van der Waals surface area (Å²) in [7, 11) is -2.77. The van der Waals surface area contributed by atoms with Crippen LogP contribution in [-0.2, 0) is 15.5 Å². The standard InChI is InChI=1S/C17H20F3N4O2P/c1-27(2,25)15-9-12(24-5-7-26-8-6-24)3-4-14(15)23-16-13(17(18,19)20)10-21-11-22-16/h3-4,9-11H,5-8H2,1-2H3,(H,21,22,23). The van der Waals surface area contributed by atoms with E-state index in [2.05, 4.69) is 20.2 Å². The summed E-state index contributed by atoms with van der Waals surface area (Å²) in [5.41, 5.74) is 0.223. The lowest BCUT2D eigenvalue weighted by Gasteiger charge is -2.30. The van der Waals surface area contributed by atoms with Gasteiger partial charge in [-0.2, -0.15) is 13.2 Å². The summed E-state index contributed by atoms with van der Waals surface area (Å²) in [6.45, 7) is 5.77. The fraction of sp³-hybridized carbons (Fsp3) is 0.412. The average molecular weight is 400 g/mol. The summed E-state index contributed by atoms with van der Waals surface area (Å²) in [6.07, 6.45) is -2.84. The number of anilines is 3. The van der Waals surface area contributed by atoms with Gasteiger partial charge in [0.2, 0.25) is 0 Å². The van der Waals surface area contributed by atoms with Crippen LogP contribution < -0.4 is 15.5 Å². The number of alkyl halides is 3. The van der Waals surface area contributed by atoms with Crippen LogP contribution in [-0.4, -0.2) is 49.6 Å². The third-order valence-electron chi connectivity index (χ3n) is 4.21. The van der Waals surface area contributed by atoms with Crippen LogP contribution in [0.1, 0.15) is 5.56 Å². The largest absolute Gasteiger partial charge is 0.421 e. The van der Waals surface area contributed by atoms with Crippen molar-refractivity contribution < 1.29 is 22.5 Å². The fourth-order valence-corrected chi connectivity index (χ4v) is 4.01. The first-order valence-electron chi connectivity index (χ1n) is 8.33. The third kappa shape index (κ3) is 4.59. The van der Waals surface area contributed by atoms with Crippen molar-refractivity contribution in [3.05, 3.63) is 36.3 Å². The second kappa shape index (κ2) is 7.48. The van der Waals surface area contributed by atoms with Gasteiger partial charge >= 0.3 is 6.18 Å². The molecule has 1 aromatic carbocycles. The molecule has 146 valence electrons. The molecule has 2 heterocycles. The van der Waals surface area contributed by atoms with Gasteiger partial charge in [-0.05, 0) is 31.5 Å². The van der Waals surface area contributed by atoms with Crippen molar-refractivity contribution in [2.24, 2.45) is 0 Å². The van der Waals surface area contributed by atoms with Crippen LogP contribution in [0.25, 0.3) is 0 Å². The molecular formula is C17H20F3N4O2P. The molecule has 0 unspecified atom stereocenters. The Morgan fingerprint density at radius 3 is 2.56 bits per heavy atom. The smallest absolute Gasteiger partial charge is 0.378 e. The Kier molecular flexibility index (Phi) is 5.44. The van der Waals surface area contributed by atoms with Gasteiger partial charge in [-0.15, -0.1) is 0 Å². The molecule has 0 spiro atoms. The Labute approximate surface area is 155 Å². The number of aromatic nitrogens is 2. The van der Waals surface area contributed by atoms with Gasteiger partial charge < -0.3 is 19.5 Å². The molecule has 2 aromatic rings. The number of nitrogens with one attached hydrogen (secondary N) is 1. The maximum absolute atomic E-state index is 13.2. The van der Waals surface area contributed by atoms with Crippen LogP contribution in [0.4, 0.5) is 30.4 Å². The zero-order valence-electron chi connectivity index (χ0n) is 15.0. The second-order valence-corrected chi connectivity index (χ2v) is 9.74. The van der Waals surface area contributed by atoms with Crippen molar-refractivity contribution in [3.8, 4) is 0 Å². The Morgan fingerprint density at radius 2 is 1.93 bits per heavy atom. The molecule has 1 aliphatic rings. The second-order valence-electron chi connectivity index (χ2n) is 6.56. The Hall–Kier alpha value is -2.12. The van der Waals surface area contributed by atoms with Crippen molar-refractivity contribution in [3.63, 3.8) is 0 Å². The number of halogens is 3. The predicted octanol–water partition coefficient (Wildman–Crippen LogP) is 3.32. The molecule has 0 atom stereocenters. The Morgan fingerprint density at radius 1 is 1.22 bits per heavy atom. The van der Waals surface area contributed by atoms with Crippen LogP contribution in [0, 0.1) is 0 Å². The maximum Gasteiger partial charge on any atom is 0.421 e. The van der Waals surface area contributed by atoms with Gasteiger partial charge in [0.15, 0.2) is 0 Å². The first-order chi connectivity index (χ1) is 12.7. The van der Waals surface area contributed by atoms with Gasteiger partial charge in [0.05, 0.1) is 18.9 Å². The number of rotatable bonds is 4. The van der Waals surface area contributed by atoms with E-state index in [0.717, 1.165) is 12.0 Å². The van der Waals surface area contributed by atoms with Crippen LogP contribution >= 0.6 is 7.14 Å². The van der Waals surface area contributed by atoms with E-state index >= 15 is 0 Å². The lowest BCUT2D eigenvalue weighted by atomic mass is 10.2. The van der Waals surface area contributed by atoms with Gasteiger partial charge in [0, 0.05) is 30.3 Å². The van der Waals surface area contributed by atoms with Gasteiger partial charge in [0.25, 0.3) is 0 Å². The van der Waals surface area contributed by atoms with Gasteiger partial charge in [-0.25, -0.2) is 9.97 Å². The molecule has 1 saturated heterocycles. The normalized spacial score (nSPS) is 15.7. The van der Waals surface area contributed by atoms with E-state index in [1.165, 1.54) is 0 Å². The summed E-state index contributed by atoms with van der Waals surface area (Å²) in [4.78, 5) is 9.27. The molecule has 27 heavy (non-hydrogen) atoms. The highest BCUT2D eigenvalue weighted by Crippen LogP contribution is 2.41. The molecule has 6 nitrogen and oxygen atoms in total. The average Bonchev–Trinajstić information content (AvgIpc) is 2.61. The van der Waals surface area contributed by atoms with Crippen molar-refractivity contribution >= 4 is 29.6 Å². The fourth-order valence-electron chi connectivity index (χ4n) is 2.85. The van der Waals surface area contributed by atoms with Crippen LogP contribution in [0.15, 0.2) is 30.7 Å². The van der Waals surface area contributed by atoms with Crippen molar-refractivity contribution in [1.82, 2.24) is 9.97 Å². The molecule has 1 aromatic heterocycles. The number of hydrogen-bond acceptors (Lipinski definition) is 6. The lowest BCUT2D eigenvalue weighted by molar-refractivity contribution is -0.137. The van der Waals surface area contributed by atoms with Crippen LogP contribution in [0.3, 0.4) is 0 Å². The Balaban J connectivity index is 2.00. The molecule has 0 amide bonds. The minimum atomic E-state index is -4.60. The minimum Gasteiger partial charge on any atom is -0.378 e. The highest BCUT2D eigenvalue weighted by molar-refractivity contribution is 7.70. The van der Waals surface area contributed by atoms with E-state index in [-0.39, 0.29) is 5.82 Å². The van der Waals surface area contributed by atoms with Crippen LogP contribution in [0.2, 0.25) is 0 Å². The van der Waals surface area contributed by atoms with Gasteiger partial charge in [-0.3, -0.25) is 0 Å². The predicted molar refractivity (Wildman–Crippen MR) is 98.9 cm³/mol. The third-order valence-corrected chi connectivity index (χ3v) is 5.74. The molecule has 0 saturated carbocycles. The number of benzene rings is 1. The number of morpholine rings is 1. The van der Waals surface area contributed by atoms with Crippen molar-refractivity contribution in [1.29, 1.82) is 0 Å². The molecule has 1 aliphatic heterocycles. The maximum atomic E-state index is 13.2. The minimum absolute atomic E-state index is 0.338. The quantitative estimate of drug-likeness (QED) is 0.795. The first-order valence-corrected chi connectivity index (χ1v) is 10.9. The van der Waals surface area contributed by atoms with Gasteiger partial charge in [0.1, 0.15) is 24.9 Å². The summed E-state index contributed by atoms with van der Waals surface area (Å²) in [6, 6.07) is 5.20. The number of hydrogen-bond donors (Lipinski definition) is 1. The molecule has 1 N–H and O–H groups in total. The van der Waals surface area contributed by atoms with Crippen LogP contribution in [0.5, 0.6) is 0 Å². The van der Waals surface area contributed by atoms with E-state index in [0.29, 0.717) is 43.5 Å². The summed E-state index contributed by atoms with van der Waals surface area (Å²) < 4.78 is 57.7. The van der Waals surface area contributed by atoms with E-state index in [1.54, 1.807) is 31.5 Å². The zero-order chi connectivity index (χ0) is 19.7. The number of nitrogens with zero attached hydrogens (tertiary/aromatic N) is 3. The van der Waals surface area contributed by atoms with E-state index in [1.807, 2.05) is 0 Å². The highest BCUT2D eigenvalue weighted by atomic mass is 31.2. The summed E-state index contributed by atoms with van der Waals surface area (Å²) in [5.74, 6) is -0.369. The van der Waals surface area contributed by atoms with Crippen molar-refractivity contribution in [2.45, 2.75) is 6.18 Å². The SMILES string of the molecule is CP(C)(=O)c1cc(N2CCOCC2)ccc1Nc1ncncc1C(F)(F)F. The molecule has 10 heteroatoms. The lowest BCUT2D eigenvalue weighted by Crippen LogP contribution is -2.36. The first kappa shape index (κ1) is 19.6. The summed E-state index contributed by atoms with van der Waals surface area (Å²) in [5, 5.41) is 3.17. The molecule has 0 bridgehead atoms. The zero-order valence-corrected chi connectivity index (χ0v) is 15.8. The van der Waals surface area contributed by atoms with E-state index in [9.17, 15) is 17.7 Å². The van der Waals surface area contributed by atoms with Gasteiger partial charge in [-0.1, -0.05) is 0 Å². The molecule has 0 radical (unpaired) electrons. The molecule has 3 rings (SSSR count). The number of ether oxygens (including phenoxy) is 1. The van der Waals surface area contributed by atoms with Crippen molar-refractivity contribution in [2.75, 3.05) is 49.8 Å². The molecule has 1 fully saturated rings. The van der Waals surface area contributed by atoms with E-state index < -0.39 is 18.9 Å². The molecule has 0 aliphatic carbocycles. The summed E-state index contributed by atoms with van der Waals surface area (Å²) >= 11 is 0. The molecular weight excluding hydrogens is 380 g/mol.